The van der Waals surface area contributed by atoms with Crippen molar-refractivity contribution in [2.45, 2.75) is 31.5 Å². The fourth-order valence-corrected chi connectivity index (χ4v) is 2.97. The van der Waals surface area contributed by atoms with Crippen LogP contribution in [0.1, 0.15) is 35.3 Å². The number of carbonyl (C=O) groups excluding carboxylic acids is 1. The van der Waals surface area contributed by atoms with Gasteiger partial charge in [-0.25, -0.2) is 4.68 Å². The number of amides is 1. The van der Waals surface area contributed by atoms with Gasteiger partial charge in [-0.05, 0) is 37.5 Å². The van der Waals surface area contributed by atoms with Crippen LogP contribution in [-0.2, 0) is 6.18 Å². The van der Waals surface area contributed by atoms with Gasteiger partial charge in [0.15, 0.2) is 5.69 Å². The number of nitrogens with two attached hydrogens (primary N) is 1. The highest BCUT2D eigenvalue weighted by Crippen LogP contribution is 2.30. The molecule has 2 N–H and O–H groups in total. The molecule has 1 saturated heterocycles. The molecule has 10 heteroatoms. The number of nitrogens with zero attached hydrogens (tertiary/aromatic N) is 4. The van der Waals surface area contributed by atoms with Gasteiger partial charge in [-0.1, -0.05) is 11.3 Å². The van der Waals surface area contributed by atoms with E-state index < -0.39 is 11.7 Å². The van der Waals surface area contributed by atoms with Crippen LogP contribution in [0.15, 0.2) is 30.5 Å². The lowest BCUT2D eigenvalue weighted by atomic mass is 10.0. The van der Waals surface area contributed by atoms with Crippen molar-refractivity contribution in [3.8, 4) is 5.69 Å². The van der Waals surface area contributed by atoms with E-state index in [2.05, 4.69) is 10.3 Å². The van der Waals surface area contributed by atoms with Gasteiger partial charge in [-0.3, -0.25) is 4.79 Å². The normalized spacial score (nSPS) is 17.7. The van der Waals surface area contributed by atoms with Crippen molar-refractivity contribution in [3.63, 3.8) is 0 Å². The molecule has 3 rings (SSSR count). The Morgan fingerprint density at radius 3 is 2.77 bits per heavy atom. The second kappa shape index (κ2) is 8.05. The van der Waals surface area contributed by atoms with Crippen molar-refractivity contribution in [2.75, 3.05) is 13.1 Å². The highest BCUT2D eigenvalue weighted by Gasteiger charge is 2.31. The molecular weight excluding hydrogens is 371 g/mol. The molecule has 26 heavy (non-hydrogen) atoms. The summed E-state index contributed by atoms with van der Waals surface area (Å²) in [5.41, 5.74) is 5.22. The predicted octanol–water partition coefficient (Wildman–Crippen LogP) is 2.66. The SMILES string of the molecule is Cl.NCC1CCCCN1C(=O)c1cn(-c2cccc(C(F)(F)F)c2)nn1. The van der Waals surface area contributed by atoms with Crippen LogP contribution >= 0.6 is 12.4 Å². The summed E-state index contributed by atoms with van der Waals surface area (Å²) in [4.78, 5) is 14.3. The van der Waals surface area contributed by atoms with E-state index in [0.717, 1.165) is 31.4 Å². The topological polar surface area (TPSA) is 77.0 Å². The number of halogens is 4. The molecule has 0 aliphatic carbocycles. The molecular formula is C16H19ClF3N5O. The van der Waals surface area contributed by atoms with Crippen molar-refractivity contribution in [2.24, 2.45) is 5.73 Å². The highest BCUT2D eigenvalue weighted by molar-refractivity contribution is 5.92. The van der Waals surface area contributed by atoms with Crippen LogP contribution in [0.4, 0.5) is 13.2 Å². The fraction of sp³-hybridized carbons (Fsp3) is 0.438. The lowest BCUT2D eigenvalue weighted by Gasteiger charge is -2.34. The third kappa shape index (κ3) is 4.16. The smallest absolute Gasteiger partial charge is 0.333 e. The molecule has 1 atom stereocenters. The monoisotopic (exact) mass is 389 g/mol. The number of rotatable bonds is 3. The number of alkyl halides is 3. The zero-order valence-electron chi connectivity index (χ0n) is 13.8. The number of piperidine rings is 1. The molecule has 1 aliphatic rings. The number of carbonyl (C=O) groups is 1. The van der Waals surface area contributed by atoms with Gasteiger partial charge in [0.25, 0.3) is 5.91 Å². The van der Waals surface area contributed by atoms with Crippen LogP contribution in [0.25, 0.3) is 5.69 Å². The van der Waals surface area contributed by atoms with Gasteiger partial charge < -0.3 is 10.6 Å². The first-order valence-corrected chi connectivity index (χ1v) is 8.01. The van der Waals surface area contributed by atoms with E-state index in [9.17, 15) is 18.0 Å². The largest absolute Gasteiger partial charge is 0.416 e. The minimum atomic E-state index is -4.45. The van der Waals surface area contributed by atoms with E-state index in [1.165, 1.54) is 23.0 Å². The van der Waals surface area contributed by atoms with Gasteiger partial charge in [0.2, 0.25) is 0 Å². The number of benzene rings is 1. The third-order valence-electron chi connectivity index (χ3n) is 4.31. The first-order valence-electron chi connectivity index (χ1n) is 8.01. The zero-order valence-corrected chi connectivity index (χ0v) is 14.6. The first kappa shape index (κ1) is 20.2. The Morgan fingerprint density at radius 2 is 2.08 bits per heavy atom. The molecule has 2 aromatic rings. The molecule has 1 amide bonds. The summed E-state index contributed by atoms with van der Waals surface area (Å²) >= 11 is 0. The molecule has 0 radical (unpaired) electrons. The summed E-state index contributed by atoms with van der Waals surface area (Å²) in [7, 11) is 0. The first-order chi connectivity index (χ1) is 11.9. The standard InChI is InChI=1S/C16H18F3N5O.ClH/c17-16(18,19)11-4-3-6-12(8-11)24-10-14(21-22-24)15(25)23-7-2-1-5-13(23)9-20;/h3-4,6,8,10,13H,1-2,5,7,9,20H2;1H. The van der Waals surface area contributed by atoms with E-state index in [4.69, 9.17) is 5.73 Å². The summed E-state index contributed by atoms with van der Waals surface area (Å²) in [5, 5.41) is 7.62. The van der Waals surface area contributed by atoms with Crippen LogP contribution in [0.2, 0.25) is 0 Å². The Morgan fingerprint density at radius 1 is 1.31 bits per heavy atom. The van der Waals surface area contributed by atoms with Crippen LogP contribution in [0, 0.1) is 0 Å². The van der Waals surface area contributed by atoms with Crippen LogP contribution < -0.4 is 5.73 Å². The van der Waals surface area contributed by atoms with Crippen LogP contribution in [-0.4, -0.2) is 44.9 Å². The molecule has 6 nitrogen and oxygen atoms in total. The molecule has 2 heterocycles. The molecule has 0 bridgehead atoms. The summed E-state index contributed by atoms with van der Waals surface area (Å²) in [5.74, 6) is -0.298. The zero-order chi connectivity index (χ0) is 18.0. The lowest BCUT2D eigenvalue weighted by molar-refractivity contribution is -0.137. The van der Waals surface area contributed by atoms with Crippen molar-refractivity contribution in [1.29, 1.82) is 0 Å². The van der Waals surface area contributed by atoms with E-state index in [-0.39, 0.29) is 35.7 Å². The van der Waals surface area contributed by atoms with Crippen molar-refractivity contribution < 1.29 is 18.0 Å². The Balaban J connectivity index is 0.00000243. The second-order valence-corrected chi connectivity index (χ2v) is 5.98. The second-order valence-electron chi connectivity index (χ2n) is 5.98. The van der Waals surface area contributed by atoms with Gasteiger partial charge in [0, 0.05) is 19.1 Å². The van der Waals surface area contributed by atoms with E-state index in [0.29, 0.717) is 13.1 Å². The fourth-order valence-electron chi connectivity index (χ4n) is 2.97. The maximum Gasteiger partial charge on any atom is 0.416 e. The van der Waals surface area contributed by atoms with Gasteiger partial charge in [-0.2, -0.15) is 13.2 Å². The number of aromatic nitrogens is 3. The van der Waals surface area contributed by atoms with E-state index in [1.807, 2.05) is 0 Å². The molecule has 0 spiro atoms. The highest BCUT2D eigenvalue weighted by atomic mass is 35.5. The van der Waals surface area contributed by atoms with E-state index in [1.54, 1.807) is 4.90 Å². The number of hydrogen-bond donors (Lipinski definition) is 1. The molecule has 0 saturated carbocycles. The predicted molar refractivity (Wildman–Crippen MR) is 91.3 cm³/mol. The van der Waals surface area contributed by atoms with Crippen LogP contribution in [0.3, 0.4) is 0 Å². The minimum Gasteiger partial charge on any atom is -0.333 e. The van der Waals surface area contributed by atoms with Gasteiger partial charge >= 0.3 is 6.18 Å². The summed E-state index contributed by atoms with van der Waals surface area (Å²) in [6.07, 6.45) is -0.353. The summed E-state index contributed by atoms with van der Waals surface area (Å²) in [6.45, 7) is 0.963. The minimum absolute atomic E-state index is 0. The third-order valence-corrected chi connectivity index (χ3v) is 4.31. The maximum atomic E-state index is 12.8. The van der Waals surface area contributed by atoms with Crippen molar-refractivity contribution in [3.05, 3.63) is 41.7 Å². The Kier molecular flexibility index (Phi) is 6.25. The Hall–Kier alpha value is -2.13. The van der Waals surface area contributed by atoms with E-state index >= 15 is 0 Å². The molecule has 1 aromatic heterocycles. The average molecular weight is 390 g/mol. The van der Waals surface area contributed by atoms with Gasteiger partial charge in [-0.15, -0.1) is 17.5 Å². The molecule has 1 fully saturated rings. The Bertz CT molecular complexity index is 764. The molecule has 1 unspecified atom stereocenters. The average Bonchev–Trinajstić information content (AvgIpc) is 3.10. The number of hydrogen-bond acceptors (Lipinski definition) is 4. The van der Waals surface area contributed by atoms with Gasteiger partial charge in [0.05, 0.1) is 17.4 Å². The van der Waals surface area contributed by atoms with Gasteiger partial charge in [0.1, 0.15) is 0 Å². The molecule has 1 aliphatic heterocycles. The van der Waals surface area contributed by atoms with Crippen molar-refractivity contribution in [1.82, 2.24) is 19.9 Å². The Labute approximate surface area is 154 Å². The summed E-state index contributed by atoms with van der Waals surface area (Å²) < 4.78 is 39.6. The summed E-state index contributed by atoms with van der Waals surface area (Å²) in [6, 6.07) is 4.66. The maximum absolute atomic E-state index is 12.8. The quantitative estimate of drug-likeness (QED) is 0.875. The van der Waals surface area contributed by atoms with Crippen molar-refractivity contribution >= 4 is 18.3 Å². The van der Waals surface area contributed by atoms with Crippen LogP contribution in [0.5, 0.6) is 0 Å². The number of likely N-dealkylation sites (tertiary alicyclic amines) is 1. The molecule has 142 valence electrons. The lowest BCUT2D eigenvalue weighted by Crippen LogP contribution is -2.47. The molecule has 1 aromatic carbocycles.